The number of aromatic nitrogens is 5. The molecule has 2 aliphatic carbocycles. The maximum Gasteiger partial charge on any atom is 0.293 e. The monoisotopic (exact) mass is 370 g/mol. The Kier molecular flexibility index (Phi) is 4.22. The minimum atomic E-state index is -0.122. The van der Waals surface area contributed by atoms with Gasteiger partial charge in [0.25, 0.3) is 5.91 Å². The molecule has 1 atom stereocenters. The number of hydrogen-bond donors (Lipinski definition) is 0. The van der Waals surface area contributed by atoms with Gasteiger partial charge in [-0.15, -0.1) is 5.10 Å². The van der Waals surface area contributed by atoms with Crippen LogP contribution >= 0.6 is 0 Å². The lowest BCUT2D eigenvalue weighted by Gasteiger charge is -2.31. The Morgan fingerprint density at radius 1 is 1.19 bits per heavy atom. The van der Waals surface area contributed by atoms with Crippen molar-refractivity contribution in [3.05, 3.63) is 29.6 Å². The van der Waals surface area contributed by atoms with Crippen LogP contribution in [0.2, 0.25) is 0 Å². The molecule has 1 aliphatic heterocycles. The summed E-state index contributed by atoms with van der Waals surface area (Å²) in [5.41, 5.74) is 2.23. The van der Waals surface area contributed by atoms with E-state index in [2.05, 4.69) is 21.0 Å². The summed E-state index contributed by atoms with van der Waals surface area (Å²) in [7, 11) is 1.77. The first-order valence-corrected chi connectivity index (χ1v) is 9.94. The summed E-state index contributed by atoms with van der Waals surface area (Å²) < 4.78 is 9.61. The van der Waals surface area contributed by atoms with Gasteiger partial charge in [0.1, 0.15) is 6.33 Å². The number of aryl methyl sites for hydroxylation is 1. The molecule has 2 aromatic rings. The second kappa shape index (κ2) is 6.74. The normalized spacial score (nSPS) is 22.1. The van der Waals surface area contributed by atoms with Gasteiger partial charge >= 0.3 is 0 Å². The highest BCUT2D eigenvalue weighted by Gasteiger charge is 2.34. The molecule has 3 heterocycles. The van der Waals surface area contributed by atoms with E-state index in [0.717, 1.165) is 36.2 Å². The molecule has 5 rings (SSSR count). The van der Waals surface area contributed by atoms with E-state index in [4.69, 9.17) is 9.84 Å². The maximum atomic E-state index is 12.9. The van der Waals surface area contributed by atoms with E-state index >= 15 is 0 Å². The minimum Gasteiger partial charge on any atom is -0.380 e. The number of carbonyl (C=O) groups is 1. The molecule has 27 heavy (non-hydrogen) atoms. The summed E-state index contributed by atoms with van der Waals surface area (Å²) in [5.74, 6) is 1.75. The Bertz CT molecular complexity index is 835. The third-order valence-corrected chi connectivity index (χ3v) is 5.65. The van der Waals surface area contributed by atoms with Crippen molar-refractivity contribution in [1.82, 2.24) is 29.4 Å². The molecule has 8 heteroatoms. The zero-order valence-electron chi connectivity index (χ0n) is 15.8. The van der Waals surface area contributed by atoms with Crippen LogP contribution in [-0.4, -0.2) is 55.1 Å². The van der Waals surface area contributed by atoms with Crippen molar-refractivity contribution in [3.8, 4) is 0 Å². The molecule has 2 fully saturated rings. The van der Waals surface area contributed by atoms with Gasteiger partial charge in [0, 0.05) is 51.0 Å². The summed E-state index contributed by atoms with van der Waals surface area (Å²) in [6.07, 6.45) is 8.84. The van der Waals surface area contributed by atoms with E-state index < -0.39 is 0 Å². The fraction of sp³-hybridized carbons (Fsp3) is 0.684. The van der Waals surface area contributed by atoms with Crippen LogP contribution in [0.5, 0.6) is 0 Å². The van der Waals surface area contributed by atoms with Gasteiger partial charge in [-0.1, -0.05) is 0 Å². The third-order valence-electron chi connectivity index (χ3n) is 5.65. The predicted octanol–water partition coefficient (Wildman–Crippen LogP) is 1.59. The molecule has 1 unspecified atom stereocenters. The van der Waals surface area contributed by atoms with E-state index in [-0.39, 0.29) is 17.6 Å². The summed E-state index contributed by atoms with van der Waals surface area (Å²) in [4.78, 5) is 18.8. The van der Waals surface area contributed by atoms with Crippen LogP contribution in [0.15, 0.2) is 12.5 Å². The van der Waals surface area contributed by atoms with Gasteiger partial charge in [-0.3, -0.25) is 14.2 Å². The van der Waals surface area contributed by atoms with Gasteiger partial charge in [-0.25, -0.2) is 4.98 Å². The van der Waals surface area contributed by atoms with Crippen LogP contribution in [0.1, 0.15) is 53.5 Å². The fourth-order valence-corrected chi connectivity index (χ4v) is 3.75. The molecular formula is C19H26N6O2. The molecule has 2 saturated carbocycles. The Morgan fingerprint density at radius 3 is 2.70 bits per heavy atom. The highest BCUT2D eigenvalue weighted by molar-refractivity contribution is 5.90. The molecule has 0 saturated heterocycles. The smallest absolute Gasteiger partial charge is 0.293 e. The topological polar surface area (TPSA) is 78.1 Å². The van der Waals surface area contributed by atoms with E-state index in [1.807, 2.05) is 4.90 Å². The van der Waals surface area contributed by atoms with Crippen molar-refractivity contribution in [2.75, 3.05) is 19.8 Å². The highest BCUT2D eigenvalue weighted by atomic mass is 16.5. The van der Waals surface area contributed by atoms with Gasteiger partial charge in [0.05, 0.1) is 12.3 Å². The average molecular weight is 370 g/mol. The van der Waals surface area contributed by atoms with E-state index in [0.29, 0.717) is 19.7 Å². The molecule has 3 aliphatic rings. The Labute approximate surface area is 158 Å². The van der Waals surface area contributed by atoms with E-state index in [1.165, 1.54) is 25.7 Å². The summed E-state index contributed by atoms with van der Waals surface area (Å²) >= 11 is 0. The van der Waals surface area contributed by atoms with Crippen LogP contribution in [0, 0.1) is 11.8 Å². The van der Waals surface area contributed by atoms with E-state index in [1.54, 1.807) is 18.1 Å². The summed E-state index contributed by atoms with van der Waals surface area (Å²) in [5, 5.41) is 9.04. The molecule has 0 aromatic carbocycles. The first kappa shape index (κ1) is 16.9. The quantitative estimate of drug-likeness (QED) is 0.740. The lowest BCUT2D eigenvalue weighted by molar-refractivity contribution is 0.0615. The molecule has 2 aromatic heterocycles. The number of rotatable bonds is 7. The van der Waals surface area contributed by atoms with Gasteiger partial charge in [-0.2, -0.15) is 5.10 Å². The van der Waals surface area contributed by atoms with Gasteiger partial charge in [0.15, 0.2) is 0 Å². The molecule has 1 amide bonds. The molecule has 0 radical (unpaired) electrons. The molecule has 0 bridgehead atoms. The second-order valence-electron chi connectivity index (χ2n) is 8.31. The molecule has 0 N–H and O–H groups in total. The van der Waals surface area contributed by atoms with Gasteiger partial charge in [-0.05, 0) is 37.5 Å². The average Bonchev–Trinajstić information content (AvgIpc) is 3.56. The fourth-order valence-electron chi connectivity index (χ4n) is 3.75. The second-order valence-corrected chi connectivity index (χ2v) is 8.31. The number of ether oxygens (including phenoxy) is 1. The number of amides is 1. The lowest BCUT2D eigenvalue weighted by atomic mass is 9.97. The first-order valence-electron chi connectivity index (χ1n) is 9.94. The van der Waals surface area contributed by atoms with Crippen molar-refractivity contribution in [3.63, 3.8) is 0 Å². The summed E-state index contributed by atoms with van der Waals surface area (Å²) in [6, 6.07) is 0. The van der Waals surface area contributed by atoms with Crippen molar-refractivity contribution in [2.24, 2.45) is 18.9 Å². The standard InChI is InChI=1S/C19H26N6O2/c1-23-12-20-18(22-23)19(26)24-7-15-9-25(6-13-2-3-13)21-17(15)16(8-24)11-27-10-14-4-5-14/h9,12-14,16H,2-8,10-11H2,1H3. The van der Waals surface area contributed by atoms with E-state index in [9.17, 15) is 4.79 Å². The first-order chi connectivity index (χ1) is 13.2. The van der Waals surface area contributed by atoms with Crippen molar-refractivity contribution in [1.29, 1.82) is 0 Å². The largest absolute Gasteiger partial charge is 0.380 e. The Morgan fingerprint density at radius 2 is 2.00 bits per heavy atom. The van der Waals surface area contributed by atoms with Crippen LogP contribution in [0.25, 0.3) is 0 Å². The highest BCUT2D eigenvalue weighted by Crippen LogP contribution is 2.33. The van der Waals surface area contributed by atoms with Crippen LogP contribution in [0.4, 0.5) is 0 Å². The van der Waals surface area contributed by atoms with Crippen LogP contribution in [0.3, 0.4) is 0 Å². The maximum absolute atomic E-state index is 12.9. The van der Waals surface area contributed by atoms with Crippen LogP contribution < -0.4 is 0 Å². The van der Waals surface area contributed by atoms with Crippen molar-refractivity contribution >= 4 is 5.91 Å². The third kappa shape index (κ3) is 3.76. The Balaban J connectivity index is 1.35. The predicted molar refractivity (Wildman–Crippen MR) is 97.0 cm³/mol. The van der Waals surface area contributed by atoms with Crippen molar-refractivity contribution in [2.45, 2.75) is 44.7 Å². The van der Waals surface area contributed by atoms with Gasteiger partial charge in [0.2, 0.25) is 5.82 Å². The van der Waals surface area contributed by atoms with Crippen molar-refractivity contribution < 1.29 is 9.53 Å². The molecule has 0 spiro atoms. The molecular weight excluding hydrogens is 344 g/mol. The molecule has 8 nitrogen and oxygen atoms in total. The number of carbonyl (C=O) groups excluding carboxylic acids is 1. The number of hydrogen-bond acceptors (Lipinski definition) is 5. The van der Waals surface area contributed by atoms with Crippen LogP contribution in [-0.2, 0) is 24.9 Å². The zero-order chi connectivity index (χ0) is 18.4. The minimum absolute atomic E-state index is 0.112. The van der Waals surface area contributed by atoms with Gasteiger partial charge < -0.3 is 9.64 Å². The number of fused-ring (bicyclic) bond motifs is 1. The lowest BCUT2D eigenvalue weighted by Crippen LogP contribution is -2.40. The Hall–Kier alpha value is -2.22. The molecule has 144 valence electrons. The zero-order valence-corrected chi connectivity index (χ0v) is 15.8. The number of nitrogens with zero attached hydrogens (tertiary/aromatic N) is 6. The summed E-state index contributed by atoms with van der Waals surface area (Å²) in [6.45, 7) is 3.59. The SMILES string of the molecule is Cn1cnc(C(=O)N2Cc3cn(CC4CC4)nc3C(COCC3CC3)C2)n1.